The number of hydrogen-bond donors (Lipinski definition) is 4. The van der Waals surface area contributed by atoms with Crippen LogP contribution in [0.1, 0.15) is 117 Å². The maximum atomic E-state index is 12.4. The molecule has 3 atom stereocenters. The van der Waals surface area contributed by atoms with Gasteiger partial charge in [0.2, 0.25) is 0 Å². The summed E-state index contributed by atoms with van der Waals surface area (Å²) in [5, 5.41) is 19.9. The summed E-state index contributed by atoms with van der Waals surface area (Å²) >= 11 is 0. The molecule has 0 aliphatic heterocycles. The molecule has 58 heavy (non-hydrogen) atoms. The Morgan fingerprint density at radius 2 is 1.14 bits per heavy atom. The summed E-state index contributed by atoms with van der Waals surface area (Å²) in [6.45, 7) is 3.22. The van der Waals surface area contributed by atoms with E-state index in [0.717, 1.165) is 32.1 Å². The molecule has 0 rings (SSSR count). The summed E-state index contributed by atoms with van der Waals surface area (Å²) in [5.41, 5.74) is 0. The van der Waals surface area contributed by atoms with Gasteiger partial charge < -0.3 is 29.5 Å². The summed E-state index contributed by atoms with van der Waals surface area (Å²) in [6, 6.07) is 0. The average molecular weight is 827 g/mol. The quantitative estimate of drug-likeness (QED) is 0.0159. The van der Waals surface area contributed by atoms with E-state index in [1.165, 1.54) is 25.7 Å². The number of rotatable bonds is 35. The van der Waals surface area contributed by atoms with Crippen LogP contribution >= 0.6 is 7.82 Å². The second-order valence-corrected chi connectivity index (χ2v) is 14.5. The SMILES string of the molecule is CC/C=C\C[C@H](O)/C=C/C=C\C/C=C\C=C\[C@H](O)/C=C\CCCC(=O)O[C@H](COC(=O)CC/C=C\C/C=C\C/C=C\C/C=C\C/C=C\CCCCC)COP(=O)(O)O. The molecule has 0 aromatic rings. The molecular formula is C47H71O10P. The normalized spacial score (nSPS) is 14.9. The lowest BCUT2D eigenvalue weighted by atomic mass is 10.2. The molecule has 0 unspecified atom stereocenters. The standard InChI is InChI=1S/C47H71O10P/c1-3-5-7-8-9-10-11-12-13-14-15-16-17-18-19-20-24-27-33-39-46(50)55-41-45(42-56-58(52,53)54)57-47(51)40-34-28-32-38-44(49)37-31-26-23-21-22-25-30-36-43(48)35-29-6-4-2/h6,9-10,12-13,15-16,18-19,22-27,29-32,36-38,43-45,48-49H,3-5,7-8,11,14,17,20-21,28,33-35,39-42H2,1-2H3,(H2,52,53,54)/b10-9-,13-12-,16-15-,19-18-,25-22-,26-23-,27-24-,29-6-,36-30+,37-31+,38-32-/t43-,44-,45+/m0/s1. The number of phosphoric acid groups is 1. The molecular weight excluding hydrogens is 755 g/mol. The number of esters is 2. The van der Waals surface area contributed by atoms with Crippen molar-refractivity contribution < 1.29 is 48.2 Å². The van der Waals surface area contributed by atoms with Crippen LogP contribution in [0, 0.1) is 0 Å². The van der Waals surface area contributed by atoms with Crippen molar-refractivity contribution in [2.45, 2.75) is 135 Å². The molecule has 0 heterocycles. The third-order valence-corrected chi connectivity index (χ3v) is 8.33. The van der Waals surface area contributed by atoms with Gasteiger partial charge in [-0.15, -0.1) is 0 Å². The zero-order valence-corrected chi connectivity index (χ0v) is 35.7. The van der Waals surface area contributed by atoms with E-state index in [4.69, 9.17) is 19.3 Å². The molecule has 0 fully saturated rings. The lowest BCUT2D eigenvalue weighted by molar-refractivity contribution is -0.161. The van der Waals surface area contributed by atoms with E-state index in [1.54, 1.807) is 30.4 Å². The molecule has 0 spiro atoms. The third-order valence-electron chi connectivity index (χ3n) is 7.84. The smallest absolute Gasteiger partial charge is 0.462 e. The van der Waals surface area contributed by atoms with Crippen molar-refractivity contribution in [2.24, 2.45) is 0 Å². The molecule has 0 bridgehead atoms. The molecule has 324 valence electrons. The molecule has 11 heteroatoms. The van der Waals surface area contributed by atoms with Crippen LogP contribution in [0.3, 0.4) is 0 Å². The Morgan fingerprint density at radius 3 is 1.74 bits per heavy atom. The highest BCUT2D eigenvalue weighted by Crippen LogP contribution is 2.35. The minimum atomic E-state index is -4.84. The van der Waals surface area contributed by atoms with Crippen LogP contribution in [0.2, 0.25) is 0 Å². The van der Waals surface area contributed by atoms with E-state index in [0.29, 0.717) is 32.1 Å². The highest BCUT2D eigenvalue weighted by Gasteiger charge is 2.22. The lowest BCUT2D eigenvalue weighted by Crippen LogP contribution is -2.29. The van der Waals surface area contributed by atoms with Crippen LogP contribution in [0.15, 0.2) is 134 Å². The first kappa shape index (κ1) is 54.1. The number of unbranched alkanes of at least 4 members (excludes halogenated alkanes) is 4. The fourth-order valence-electron chi connectivity index (χ4n) is 4.74. The molecule has 0 saturated carbocycles. The first-order valence-electron chi connectivity index (χ1n) is 20.7. The summed E-state index contributed by atoms with van der Waals surface area (Å²) < 4.78 is 26.2. The Bertz CT molecular complexity index is 1420. The van der Waals surface area contributed by atoms with Crippen LogP contribution in [-0.4, -0.2) is 63.5 Å². The van der Waals surface area contributed by atoms with Crippen molar-refractivity contribution in [3.8, 4) is 0 Å². The van der Waals surface area contributed by atoms with Crippen LogP contribution < -0.4 is 0 Å². The van der Waals surface area contributed by atoms with Gasteiger partial charge in [-0.25, -0.2) is 4.57 Å². The van der Waals surface area contributed by atoms with E-state index in [9.17, 15) is 24.4 Å². The number of ether oxygens (including phenoxy) is 2. The number of allylic oxidation sites excluding steroid dienone is 18. The van der Waals surface area contributed by atoms with Gasteiger partial charge in [0.15, 0.2) is 6.10 Å². The largest absolute Gasteiger partial charge is 0.469 e. The van der Waals surface area contributed by atoms with Gasteiger partial charge in [0.25, 0.3) is 0 Å². The molecule has 0 aliphatic carbocycles. The Hall–Kier alpha value is -3.89. The van der Waals surface area contributed by atoms with Crippen LogP contribution in [-0.2, 0) is 28.2 Å². The van der Waals surface area contributed by atoms with Gasteiger partial charge in [0.05, 0.1) is 18.8 Å². The summed E-state index contributed by atoms with van der Waals surface area (Å²) in [5.74, 6) is -1.18. The van der Waals surface area contributed by atoms with E-state index in [2.05, 4.69) is 60.1 Å². The number of aliphatic hydroxyl groups excluding tert-OH is 2. The Labute approximate surface area is 348 Å². The van der Waals surface area contributed by atoms with Gasteiger partial charge in [0, 0.05) is 12.8 Å². The van der Waals surface area contributed by atoms with Gasteiger partial charge in [-0.05, 0) is 77.0 Å². The number of aliphatic hydroxyl groups is 2. The van der Waals surface area contributed by atoms with Crippen LogP contribution in [0.4, 0.5) is 0 Å². The number of hydrogen-bond acceptors (Lipinski definition) is 8. The second-order valence-electron chi connectivity index (χ2n) is 13.3. The minimum Gasteiger partial charge on any atom is -0.462 e. The molecule has 4 N–H and O–H groups in total. The van der Waals surface area contributed by atoms with Crippen molar-refractivity contribution in [1.29, 1.82) is 0 Å². The third kappa shape index (κ3) is 41.7. The summed E-state index contributed by atoms with van der Waals surface area (Å²) in [4.78, 5) is 42.8. The molecule has 0 radical (unpaired) electrons. The van der Waals surface area contributed by atoms with Gasteiger partial charge in [-0.3, -0.25) is 14.1 Å². The zero-order chi connectivity index (χ0) is 42.8. The van der Waals surface area contributed by atoms with Crippen molar-refractivity contribution >= 4 is 19.8 Å². The Balaban J connectivity index is 4.34. The van der Waals surface area contributed by atoms with Crippen molar-refractivity contribution in [3.05, 3.63) is 134 Å². The average Bonchev–Trinajstić information content (AvgIpc) is 3.18. The van der Waals surface area contributed by atoms with Gasteiger partial charge in [-0.1, -0.05) is 160 Å². The molecule has 0 aromatic carbocycles. The molecule has 0 aromatic heterocycles. The first-order chi connectivity index (χ1) is 28.1. The monoisotopic (exact) mass is 826 g/mol. The topological polar surface area (TPSA) is 160 Å². The van der Waals surface area contributed by atoms with Gasteiger partial charge >= 0.3 is 19.8 Å². The van der Waals surface area contributed by atoms with E-state index in [1.807, 2.05) is 61.6 Å². The molecule has 0 saturated heterocycles. The Morgan fingerprint density at radius 1 is 0.569 bits per heavy atom. The number of carbonyl (C=O) groups is 2. The van der Waals surface area contributed by atoms with Crippen molar-refractivity contribution in [1.82, 2.24) is 0 Å². The van der Waals surface area contributed by atoms with Crippen LogP contribution in [0.5, 0.6) is 0 Å². The van der Waals surface area contributed by atoms with Crippen molar-refractivity contribution in [3.63, 3.8) is 0 Å². The first-order valence-corrected chi connectivity index (χ1v) is 22.2. The van der Waals surface area contributed by atoms with E-state index >= 15 is 0 Å². The lowest BCUT2D eigenvalue weighted by Gasteiger charge is -2.18. The zero-order valence-electron chi connectivity index (χ0n) is 34.8. The number of phosphoric ester groups is 1. The van der Waals surface area contributed by atoms with Crippen molar-refractivity contribution in [2.75, 3.05) is 13.2 Å². The maximum Gasteiger partial charge on any atom is 0.469 e. The number of carbonyl (C=O) groups excluding carboxylic acids is 2. The molecule has 0 aliphatic rings. The van der Waals surface area contributed by atoms with E-state index < -0.39 is 51.3 Å². The Kier molecular flexibility index (Phi) is 37.2. The van der Waals surface area contributed by atoms with Gasteiger partial charge in [0.1, 0.15) is 6.61 Å². The predicted molar refractivity (Wildman–Crippen MR) is 237 cm³/mol. The predicted octanol–water partition coefficient (Wildman–Crippen LogP) is 10.7. The summed E-state index contributed by atoms with van der Waals surface area (Å²) in [7, 11) is -4.84. The highest BCUT2D eigenvalue weighted by atomic mass is 31.2. The van der Waals surface area contributed by atoms with E-state index in [-0.39, 0.29) is 12.8 Å². The maximum absolute atomic E-state index is 12.4. The van der Waals surface area contributed by atoms with Gasteiger partial charge in [-0.2, -0.15) is 0 Å². The van der Waals surface area contributed by atoms with Crippen LogP contribution in [0.25, 0.3) is 0 Å². The molecule has 0 amide bonds. The summed E-state index contributed by atoms with van der Waals surface area (Å²) in [6.07, 6.45) is 52.6. The fraction of sp³-hybridized carbons (Fsp3) is 0.489. The second kappa shape index (κ2) is 39.9. The minimum absolute atomic E-state index is 0.00117. The fourth-order valence-corrected chi connectivity index (χ4v) is 5.10. The molecule has 10 nitrogen and oxygen atoms in total. The highest BCUT2D eigenvalue weighted by molar-refractivity contribution is 7.46.